The summed E-state index contributed by atoms with van der Waals surface area (Å²) in [5, 5.41) is 4.37. The van der Waals surface area contributed by atoms with Crippen LogP contribution >= 0.6 is 0 Å². The summed E-state index contributed by atoms with van der Waals surface area (Å²) in [6.45, 7) is 7.30. The van der Waals surface area contributed by atoms with E-state index in [9.17, 15) is 18.0 Å². The molecule has 0 unspecified atom stereocenters. The Bertz CT molecular complexity index is 1430. The SMILES string of the molecule is COc1cccc(C2=NOC3(CCN(C(=O)/C=C(\c4ccc(C(C)(C)C)cc4)c4ccc(C(F)(F)F)cc4)CC3)C2)c1. The largest absolute Gasteiger partial charge is 0.497 e. The van der Waals surface area contributed by atoms with E-state index in [2.05, 4.69) is 25.9 Å². The molecule has 0 saturated carbocycles. The second kappa shape index (κ2) is 11.3. The van der Waals surface area contributed by atoms with Gasteiger partial charge in [-0.3, -0.25) is 4.79 Å². The maximum Gasteiger partial charge on any atom is 0.416 e. The van der Waals surface area contributed by atoms with Crippen molar-refractivity contribution in [1.82, 2.24) is 4.90 Å². The third-order valence-electron chi connectivity index (χ3n) is 8.08. The van der Waals surface area contributed by atoms with Crippen LogP contribution in [0.2, 0.25) is 0 Å². The quantitative estimate of drug-likeness (QED) is 0.294. The lowest BCUT2D eigenvalue weighted by Crippen LogP contribution is -2.46. The van der Waals surface area contributed by atoms with Gasteiger partial charge in [-0.1, -0.05) is 74.5 Å². The van der Waals surface area contributed by atoms with Crippen LogP contribution < -0.4 is 4.74 Å². The van der Waals surface area contributed by atoms with Gasteiger partial charge in [0.25, 0.3) is 0 Å². The molecule has 0 aromatic heterocycles. The second-order valence-corrected chi connectivity index (χ2v) is 12.0. The van der Waals surface area contributed by atoms with Crippen molar-refractivity contribution in [3.8, 4) is 5.75 Å². The first-order chi connectivity index (χ1) is 19.9. The third-order valence-corrected chi connectivity index (χ3v) is 8.08. The lowest BCUT2D eigenvalue weighted by atomic mass is 9.85. The molecule has 0 atom stereocenters. The topological polar surface area (TPSA) is 51.1 Å². The number of hydrogen-bond donors (Lipinski definition) is 0. The van der Waals surface area contributed by atoms with Crippen molar-refractivity contribution >= 4 is 17.2 Å². The van der Waals surface area contributed by atoms with E-state index in [1.807, 2.05) is 48.5 Å². The zero-order chi connectivity index (χ0) is 30.1. The van der Waals surface area contributed by atoms with Crippen molar-refractivity contribution in [2.24, 2.45) is 5.16 Å². The predicted octanol–water partition coefficient (Wildman–Crippen LogP) is 7.63. The zero-order valence-electron chi connectivity index (χ0n) is 24.3. The summed E-state index contributed by atoms with van der Waals surface area (Å²) in [6.07, 6.45) is -0.997. The summed E-state index contributed by atoms with van der Waals surface area (Å²) in [6, 6.07) is 20.5. The first-order valence-electron chi connectivity index (χ1n) is 14.1. The Balaban J connectivity index is 1.34. The lowest BCUT2D eigenvalue weighted by Gasteiger charge is -2.37. The minimum Gasteiger partial charge on any atom is -0.497 e. The molecule has 1 fully saturated rings. The van der Waals surface area contributed by atoms with E-state index in [4.69, 9.17) is 9.57 Å². The fourth-order valence-electron chi connectivity index (χ4n) is 5.42. The van der Waals surface area contributed by atoms with Crippen LogP contribution in [0.3, 0.4) is 0 Å². The monoisotopic (exact) mass is 576 g/mol. The van der Waals surface area contributed by atoms with Crippen molar-refractivity contribution < 1.29 is 27.5 Å². The van der Waals surface area contributed by atoms with Gasteiger partial charge in [-0.05, 0) is 51.9 Å². The molecule has 0 N–H and O–H groups in total. The molecule has 5 rings (SSSR count). The second-order valence-electron chi connectivity index (χ2n) is 12.0. The number of methoxy groups -OCH3 is 1. The Morgan fingerprint density at radius 2 is 1.52 bits per heavy atom. The summed E-state index contributed by atoms with van der Waals surface area (Å²) >= 11 is 0. The van der Waals surface area contributed by atoms with Crippen molar-refractivity contribution in [2.75, 3.05) is 20.2 Å². The van der Waals surface area contributed by atoms with Crippen LogP contribution in [0.15, 0.2) is 84.0 Å². The van der Waals surface area contributed by atoms with Crippen LogP contribution in [0, 0.1) is 0 Å². The number of carbonyl (C=O) groups is 1. The Kier molecular flexibility index (Phi) is 7.92. The van der Waals surface area contributed by atoms with Gasteiger partial charge >= 0.3 is 6.18 Å². The molecule has 0 aliphatic carbocycles. The van der Waals surface area contributed by atoms with Gasteiger partial charge in [-0.25, -0.2) is 0 Å². The van der Waals surface area contributed by atoms with Gasteiger partial charge in [-0.15, -0.1) is 0 Å². The fraction of sp³-hybridized carbons (Fsp3) is 0.353. The summed E-state index contributed by atoms with van der Waals surface area (Å²) in [5.41, 5.74) is 3.57. The maximum atomic E-state index is 13.6. The number of halogens is 3. The molecule has 2 heterocycles. The van der Waals surface area contributed by atoms with Gasteiger partial charge in [0.05, 0.1) is 18.4 Å². The highest BCUT2D eigenvalue weighted by Crippen LogP contribution is 2.37. The molecule has 3 aromatic carbocycles. The van der Waals surface area contributed by atoms with Gasteiger partial charge in [-0.2, -0.15) is 13.2 Å². The molecular weight excluding hydrogens is 541 g/mol. The van der Waals surface area contributed by atoms with E-state index in [1.165, 1.54) is 12.1 Å². The van der Waals surface area contributed by atoms with Crippen molar-refractivity contribution in [3.05, 3.63) is 107 Å². The first-order valence-corrected chi connectivity index (χ1v) is 14.1. The van der Waals surface area contributed by atoms with E-state index in [0.717, 1.165) is 40.3 Å². The highest BCUT2D eigenvalue weighted by Gasteiger charge is 2.43. The van der Waals surface area contributed by atoms with Crippen LogP contribution in [-0.4, -0.2) is 42.3 Å². The van der Waals surface area contributed by atoms with E-state index < -0.39 is 17.3 Å². The molecule has 2 aliphatic heterocycles. The number of nitrogens with zero attached hydrogens (tertiary/aromatic N) is 2. The number of rotatable bonds is 5. The summed E-state index contributed by atoms with van der Waals surface area (Å²) in [7, 11) is 1.62. The Morgan fingerprint density at radius 3 is 2.07 bits per heavy atom. The summed E-state index contributed by atoms with van der Waals surface area (Å²) < 4.78 is 45.0. The molecular formula is C34H35F3N2O3. The molecule has 1 amide bonds. The molecule has 0 bridgehead atoms. The smallest absolute Gasteiger partial charge is 0.416 e. The molecule has 5 nitrogen and oxygen atoms in total. The van der Waals surface area contributed by atoms with Gasteiger partial charge in [0.2, 0.25) is 5.91 Å². The Morgan fingerprint density at radius 1 is 0.929 bits per heavy atom. The van der Waals surface area contributed by atoms with Crippen LogP contribution in [-0.2, 0) is 21.2 Å². The molecule has 220 valence electrons. The standard InChI is InChI=1S/C34H35F3N2O3/c1-32(2,3)26-12-8-23(9-13-26)29(24-10-14-27(15-11-24)34(35,36)37)21-31(40)39-18-16-33(17-19-39)22-30(38-42-33)25-6-5-7-28(20-25)41-4/h5-15,20-21H,16-19,22H2,1-4H3/b29-21+. The normalized spacial score (nSPS) is 17.2. The third kappa shape index (κ3) is 6.37. The number of carbonyl (C=O) groups excluding carboxylic acids is 1. The van der Waals surface area contributed by atoms with Crippen LogP contribution in [0.25, 0.3) is 5.57 Å². The number of likely N-dealkylation sites (tertiary alicyclic amines) is 1. The number of alkyl halides is 3. The molecule has 1 spiro atoms. The minimum atomic E-state index is -4.44. The van der Waals surface area contributed by atoms with Crippen molar-refractivity contribution in [1.29, 1.82) is 0 Å². The first kappa shape index (κ1) is 29.4. The van der Waals surface area contributed by atoms with Crippen molar-refractivity contribution in [3.63, 3.8) is 0 Å². The number of hydrogen-bond acceptors (Lipinski definition) is 4. The van der Waals surface area contributed by atoms with Gasteiger partial charge in [0.15, 0.2) is 0 Å². The molecule has 42 heavy (non-hydrogen) atoms. The molecule has 2 aliphatic rings. The minimum absolute atomic E-state index is 0.0607. The van der Waals surface area contributed by atoms with Crippen LogP contribution in [0.4, 0.5) is 13.2 Å². The number of piperidine rings is 1. The number of ether oxygens (including phenoxy) is 1. The van der Waals surface area contributed by atoms with Crippen molar-refractivity contribution in [2.45, 2.75) is 57.2 Å². The van der Waals surface area contributed by atoms with E-state index >= 15 is 0 Å². The summed E-state index contributed by atoms with van der Waals surface area (Å²) in [4.78, 5) is 21.3. The number of benzene rings is 3. The Labute approximate surface area is 244 Å². The lowest BCUT2D eigenvalue weighted by molar-refractivity contribution is -0.137. The number of oxime groups is 1. The highest BCUT2D eigenvalue weighted by atomic mass is 19.4. The van der Waals surface area contributed by atoms with Crippen LogP contribution in [0.5, 0.6) is 5.75 Å². The van der Waals surface area contributed by atoms with Gasteiger partial charge < -0.3 is 14.5 Å². The zero-order valence-corrected chi connectivity index (χ0v) is 24.3. The average molecular weight is 577 g/mol. The average Bonchev–Trinajstić information content (AvgIpc) is 3.39. The number of amides is 1. The molecule has 3 aromatic rings. The highest BCUT2D eigenvalue weighted by molar-refractivity contribution is 6.02. The molecule has 0 radical (unpaired) electrons. The molecule has 1 saturated heterocycles. The predicted molar refractivity (Wildman–Crippen MR) is 157 cm³/mol. The van der Waals surface area contributed by atoms with E-state index in [1.54, 1.807) is 18.1 Å². The van der Waals surface area contributed by atoms with E-state index in [-0.39, 0.29) is 11.3 Å². The fourth-order valence-corrected chi connectivity index (χ4v) is 5.42. The van der Waals surface area contributed by atoms with Gasteiger partial charge in [0.1, 0.15) is 11.4 Å². The maximum absolute atomic E-state index is 13.6. The molecule has 8 heteroatoms. The Hall–Kier alpha value is -4.07. The van der Waals surface area contributed by atoms with E-state index in [0.29, 0.717) is 43.5 Å². The summed E-state index contributed by atoms with van der Waals surface area (Å²) in [5.74, 6) is 0.562. The van der Waals surface area contributed by atoms with Gasteiger partial charge in [0, 0.05) is 44.0 Å². The van der Waals surface area contributed by atoms with Crippen LogP contribution in [0.1, 0.15) is 67.9 Å².